The third kappa shape index (κ3) is 5.41. The van der Waals surface area contributed by atoms with E-state index >= 15 is 0 Å². The van der Waals surface area contributed by atoms with Crippen LogP contribution in [0.15, 0.2) is 0 Å². The third-order valence-electron chi connectivity index (χ3n) is 4.69. The molecule has 4 heteroatoms. The predicted octanol–water partition coefficient (Wildman–Crippen LogP) is 2.13. The van der Waals surface area contributed by atoms with E-state index in [1.54, 1.807) is 0 Å². The molecule has 0 aromatic rings. The number of carbonyl (C=O) groups is 1. The molecule has 0 aromatic heterocycles. The fourth-order valence-electron chi connectivity index (χ4n) is 3.29. The monoisotopic (exact) mass is 283 g/mol. The molecule has 1 saturated carbocycles. The van der Waals surface area contributed by atoms with Crippen molar-refractivity contribution in [2.24, 2.45) is 11.7 Å². The minimum absolute atomic E-state index is 0.147. The molecule has 4 nitrogen and oxygen atoms in total. The lowest BCUT2D eigenvalue weighted by atomic mass is 9.75. The summed E-state index contributed by atoms with van der Waals surface area (Å²) in [4.78, 5) is 14.3. The number of hydrogen-bond acceptors (Lipinski definition) is 3. The molecule has 1 fully saturated rings. The SMILES string of the molecule is CC(N)CCCC(=O)NCC1(N(C)C)CCCC(C)C1. The Bertz CT molecular complexity index is 304. The molecule has 0 aromatic carbocycles. The summed E-state index contributed by atoms with van der Waals surface area (Å²) in [5.41, 5.74) is 5.85. The van der Waals surface area contributed by atoms with Crippen LogP contribution in [-0.4, -0.2) is 43.0 Å². The van der Waals surface area contributed by atoms with E-state index in [0.29, 0.717) is 6.42 Å². The zero-order chi connectivity index (χ0) is 15.2. The Hall–Kier alpha value is -0.610. The van der Waals surface area contributed by atoms with Crippen molar-refractivity contribution in [3.63, 3.8) is 0 Å². The molecule has 118 valence electrons. The molecule has 1 rings (SSSR count). The van der Waals surface area contributed by atoms with Gasteiger partial charge in [-0.1, -0.05) is 19.8 Å². The topological polar surface area (TPSA) is 58.4 Å². The molecule has 0 spiro atoms. The van der Waals surface area contributed by atoms with E-state index in [1.807, 2.05) is 6.92 Å². The second kappa shape index (κ2) is 7.99. The number of nitrogens with one attached hydrogen (secondary N) is 1. The second-order valence-electron chi connectivity index (χ2n) is 6.97. The molecule has 3 atom stereocenters. The number of nitrogens with zero attached hydrogens (tertiary/aromatic N) is 1. The summed E-state index contributed by atoms with van der Waals surface area (Å²) in [5, 5.41) is 3.15. The zero-order valence-electron chi connectivity index (χ0n) is 13.7. The van der Waals surface area contributed by atoms with Gasteiger partial charge in [-0.2, -0.15) is 0 Å². The largest absolute Gasteiger partial charge is 0.354 e. The van der Waals surface area contributed by atoms with Crippen molar-refractivity contribution in [3.8, 4) is 0 Å². The Morgan fingerprint density at radius 2 is 2.20 bits per heavy atom. The minimum atomic E-state index is 0.147. The van der Waals surface area contributed by atoms with Gasteiger partial charge in [0.1, 0.15) is 0 Å². The molecule has 0 bridgehead atoms. The maximum atomic E-state index is 11.9. The van der Waals surface area contributed by atoms with Gasteiger partial charge in [0.25, 0.3) is 0 Å². The molecule has 0 saturated heterocycles. The Morgan fingerprint density at radius 1 is 1.50 bits per heavy atom. The Kier molecular flexibility index (Phi) is 6.96. The van der Waals surface area contributed by atoms with E-state index in [9.17, 15) is 4.79 Å². The molecule has 0 heterocycles. The summed E-state index contributed by atoms with van der Waals surface area (Å²) >= 11 is 0. The zero-order valence-corrected chi connectivity index (χ0v) is 13.7. The van der Waals surface area contributed by atoms with Crippen LogP contribution in [0.3, 0.4) is 0 Å². The summed E-state index contributed by atoms with van der Waals surface area (Å²) in [6.45, 7) is 5.09. The van der Waals surface area contributed by atoms with Gasteiger partial charge < -0.3 is 16.0 Å². The van der Waals surface area contributed by atoms with Crippen molar-refractivity contribution in [2.45, 2.75) is 70.4 Å². The summed E-state index contributed by atoms with van der Waals surface area (Å²) in [5.74, 6) is 0.922. The van der Waals surface area contributed by atoms with Gasteiger partial charge in [0, 0.05) is 24.5 Å². The average Bonchev–Trinajstić information content (AvgIpc) is 2.36. The number of rotatable bonds is 7. The number of amides is 1. The van der Waals surface area contributed by atoms with E-state index in [-0.39, 0.29) is 17.5 Å². The number of hydrogen-bond donors (Lipinski definition) is 2. The van der Waals surface area contributed by atoms with Crippen LogP contribution in [0.1, 0.15) is 58.8 Å². The minimum Gasteiger partial charge on any atom is -0.354 e. The van der Waals surface area contributed by atoms with Crippen molar-refractivity contribution >= 4 is 5.91 Å². The van der Waals surface area contributed by atoms with Crippen molar-refractivity contribution in [2.75, 3.05) is 20.6 Å². The lowest BCUT2D eigenvalue weighted by Crippen LogP contribution is -2.55. The number of carbonyl (C=O) groups excluding carboxylic acids is 1. The molecule has 0 radical (unpaired) electrons. The highest BCUT2D eigenvalue weighted by Crippen LogP contribution is 2.35. The van der Waals surface area contributed by atoms with E-state index in [2.05, 4.69) is 31.2 Å². The fourth-order valence-corrected chi connectivity index (χ4v) is 3.29. The van der Waals surface area contributed by atoms with Crippen LogP contribution in [0.4, 0.5) is 0 Å². The first-order valence-electron chi connectivity index (χ1n) is 8.05. The predicted molar refractivity (Wildman–Crippen MR) is 84.6 cm³/mol. The molecule has 20 heavy (non-hydrogen) atoms. The average molecular weight is 283 g/mol. The molecule has 1 amide bonds. The Labute approximate surface area is 124 Å². The van der Waals surface area contributed by atoms with Crippen LogP contribution >= 0.6 is 0 Å². The number of likely N-dealkylation sites (N-methyl/N-ethyl adjacent to an activating group) is 1. The van der Waals surface area contributed by atoms with E-state index in [4.69, 9.17) is 5.73 Å². The molecule has 3 unspecified atom stereocenters. The highest BCUT2D eigenvalue weighted by atomic mass is 16.1. The van der Waals surface area contributed by atoms with Gasteiger partial charge in [0.2, 0.25) is 5.91 Å². The molecule has 1 aliphatic carbocycles. The summed E-state index contributed by atoms with van der Waals surface area (Å²) < 4.78 is 0. The van der Waals surface area contributed by atoms with Gasteiger partial charge in [-0.25, -0.2) is 0 Å². The summed E-state index contributed by atoms with van der Waals surface area (Å²) in [6, 6.07) is 0.190. The van der Waals surface area contributed by atoms with Crippen molar-refractivity contribution < 1.29 is 4.79 Å². The lowest BCUT2D eigenvalue weighted by Gasteiger charge is -2.45. The fraction of sp³-hybridized carbons (Fsp3) is 0.938. The van der Waals surface area contributed by atoms with Crippen LogP contribution in [0, 0.1) is 5.92 Å². The van der Waals surface area contributed by atoms with Gasteiger partial charge in [-0.05, 0) is 52.6 Å². The van der Waals surface area contributed by atoms with Crippen LogP contribution in [-0.2, 0) is 4.79 Å². The second-order valence-corrected chi connectivity index (χ2v) is 6.97. The van der Waals surface area contributed by atoms with Gasteiger partial charge in [0.05, 0.1) is 0 Å². The first kappa shape index (κ1) is 17.4. The van der Waals surface area contributed by atoms with Gasteiger partial charge in [-0.15, -0.1) is 0 Å². The van der Waals surface area contributed by atoms with Crippen LogP contribution in [0.25, 0.3) is 0 Å². The maximum Gasteiger partial charge on any atom is 0.220 e. The van der Waals surface area contributed by atoms with Crippen LogP contribution < -0.4 is 11.1 Å². The normalized spacial score (nSPS) is 28.4. The molecular formula is C16H33N3O. The highest BCUT2D eigenvalue weighted by Gasteiger charge is 2.36. The van der Waals surface area contributed by atoms with Crippen molar-refractivity contribution in [1.29, 1.82) is 0 Å². The summed E-state index contributed by atoms with van der Waals surface area (Å²) in [6.07, 6.45) is 7.35. The molecular weight excluding hydrogens is 250 g/mol. The molecule has 0 aliphatic heterocycles. The van der Waals surface area contributed by atoms with Crippen molar-refractivity contribution in [3.05, 3.63) is 0 Å². The van der Waals surface area contributed by atoms with E-state index in [1.165, 1.54) is 25.7 Å². The molecule has 1 aliphatic rings. The van der Waals surface area contributed by atoms with E-state index < -0.39 is 0 Å². The highest BCUT2D eigenvalue weighted by molar-refractivity contribution is 5.75. The van der Waals surface area contributed by atoms with Crippen molar-refractivity contribution in [1.82, 2.24) is 10.2 Å². The van der Waals surface area contributed by atoms with Crippen LogP contribution in [0.2, 0.25) is 0 Å². The summed E-state index contributed by atoms with van der Waals surface area (Å²) in [7, 11) is 4.28. The first-order chi connectivity index (χ1) is 9.35. The number of nitrogens with two attached hydrogens (primary N) is 1. The quantitative estimate of drug-likeness (QED) is 0.752. The Morgan fingerprint density at radius 3 is 2.75 bits per heavy atom. The standard InChI is InChI=1S/C16H33N3O/c1-13-7-6-10-16(11-13,19(3)4)12-18-15(20)9-5-8-14(2)17/h13-14H,5-12,17H2,1-4H3,(H,18,20). The third-order valence-corrected chi connectivity index (χ3v) is 4.69. The van der Waals surface area contributed by atoms with Gasteiger partial charge in [0.15, 0.2) is 0 Å². The van der Waals surface area contributed by atoms with Crippen LogP contribution in [0.5, 0.6) is 0 Å². The Balaban J connectivity index is 2.41. The van der Waals surface area contributed by atoms with E-state index in [0.717, 1.165) is 25.3 Å². The first-order valence-corrected chi connectivity index (χ1v) is 8.05. The smallest absolute Gasteiger partial charge is 0.220 e. The van der Waals surface area contributed by atoms with Gasteiger partial charge >= 0.3 is 0 Å². The van der Waals surface area contributed by atoms with Gasteiger partial charge in [-0.3, -0.25) is 4.79 Å². The molecule has 3 N–H and O–H groups in total. The lowest BCUT2D eigenvalue weighted by molar-refractivity contribution is -0.122. The maximum absolute atomic E-state index is 11.9.